The standard InChI is InChI=1S/C19H22N8O/c1-4-16(11-21-2)28-18-5-15(10-22-17(18)6-20)26-19-23-7-13(8-24-19)14-9-25-27(3)12-14/h5,7-10,12,16,21H,4,11H2,1-3H3,(H,23,24,26). The van der Waals surface area contributed by atoms with Crippen LogP contribution in [0.25, 0.3) is 11.1 Å². The Balaban J connectivity index is 1.76. The third kappa shape index (κ3) is 4.61. The second kappa shape index (κ2) is 8.92. The molecular weight excluding hydrogens is 356 g/mol. The van der Waals surface area contributed by atoms with E-state index in [4.69, 9.17) is 4.74 Å². The Kier molecular flexibility index (Phi) is 6.14. The monoisotopic (exact) mass is 378 g/mol. The normalized spacial score (nSPS) is 11.6. The number of likely N-dealkylation sites (N-methyl/N-ethyl adjacent to an activating group) is 1. The molecule has 28 heavy (non-hydrogen) atoms. The highest BCUT2D eigenvalue weighted by Gasteiger charge is 2.13. The van der Waals surface area contributed by atoms with Crippen LogP contribution in [0.5, 0.6) is 5.75 Å². The molecule has 1 atom stereocenters. The molecule has 1 unspecified atom stereocenters. The smallest absolute Gasteiger partial charge is 0.227 e. The van der Waals surface area contributed by atoms with Crippen molar-refractivity contribution in [2.45, 2.75) is 19.4 Å². The van der Waals surface area contributed by atoms with Gasteiger partial charge in [-0.3, -0.25) is 4.68 Å². The molecule has 0 aliphatic carbocycles. The van der Waals surface area contributed by atoms with Crippen LogP contribution in [0.2, 0.25) is 0 Å². The molecule has 3 aromatic heterocycles. The van der Waals surface area contributed by atoms with E-state index in [0.717, 1.165) is 17.5 Å². The van der Waals surface area contributed by atoms with Crippen LogP contribution in [0.3, 0.4) is 0 Å². The fourth-order valence-corrected chi connectivity index (χ4v) is 2.60. The Labute approximate surface area is 163 Å². The highest BCUT2D eigenvalue weighted by atomic mass is 16.5. The largest absolute Gasteiger partial charge is 0.486 e. The number of nitriles is 1. The molecule has 0 saturated heterocycles. The SMILES string of the molecule is CCC(CNC)Oc1cc(Nc2ncc(-c3cnn(C)c3)cn2)cnc1C#N. The number of ether oxygens (including phenoxy) is 1. The van der Waals surface area contributed by atoms with Crippen molar-refractivity contribution in [3.8, 4) is 22.9 Å². The first-order valence-corrected chi connectivity index (χ1v) is 8.92. The van der Waals surface area contributed by atoms with Gasteiger partial charge >= 0.3 is 0 Å². The van der Waals surface area contributed by atoms with Crippen LogP contribution in [0, 0.1) is 11.3 Å². The molecule has 0 aliphatic heterocycles. The molecule has 0 fully saturated rings. The fourth-order valence-electron chi connectivity index (χ4n) is 2.60. The lowest BCUT2D eigenvalue weighted by Crippen LogP contribution is -2.28. The van der Waals surface area contributed by atoms with Gasteiger partial charge in [0.2, 0.25) is 5.95 Å². The summed E-state index contributed by atoms with van der Waals surface area (Å²) >= 11 is 0. The number of rotatable bonds is 8. The van der Waals surface area contributed by atoms with E-state index >= 15 is 0 Å². The number of aryl methyl sites for hydroxylation is 1. The first-order valence-electron chi connectivity index (χ1n) is 8.92. The lowest BCUT2D eigenvalue weighted by molar-refractivity contribution is 0.195. The van der Waals surface area contributed by atoms with Gasteiger partial charge in [0.1, 0.15) is 12.2 Å². The maximum absolute atomic E-state index is 9.30. The molecule has 9 heteroatoms. The van der Waals surface area contributed by atoms with E-state index in [1.165, 1.54) is 0 Å². The average molecular weight is 378 g/mol. The number of nitrogens with zero attached hydrogens (tertiary/aromatic N) is 6. The van der Waals surface area contributed by atoms with Crippen LogP contribution >= 0.6 is 0 Å². The van der Waals surface area contributed by atoms with Gasteiger partial charge in [-0.15, -0.1) is 0 Å². The topological polar surface area (TPSA) is 114 Å². The molecule has 0 aliphatic rings. The molecule has 144 valence electrons. The van der Waals surface area contributed by atoms with Gasteiger partial charge in [0.15, 0.2) is 11.4 Å². The molecule has 0 radical (unpaired) electrons. The second-order valence-corrected chi connectivity index (χ2v) is 6.21. The van der Waals surface area contributed by atoms with Crippen molar-refractivity contribution < 1.29 is 4.74 Å². The zero-order valence-corrected chi connectivity index (χ0v) is 16.0. The van der Waals surface area contributed by atoms with Crippen molar-refractivity contribution in [1.82, 2.24) is 30.0 Å². The zero-order chi connectivity index (χ0) is 19.9. The van der Waals surface area contributed by atoms with Gasteiger partial charge in [-0.25, -0.2) is 15.0 Å². The lowest BCUT2D eigenvalue weighted by atomic mass is 10.2. The van der Waals surface area contributed by atoms with Crippen molar-refractivity contribution in [2.75, 3.05) is 18.9 Å². The van der Waals surface area contributed by atoms with E-state index in [1.54, 1.807) is 35.5 Å². The predicted octanol–water partition coefficient (Wildman–Crippen LogP) is 2.26. The summed E-state index contributed by atoms with van der Waals surface area (Å²) < 4.78 is 7.67. The number of hydrogen-bond donors (Lipinski definition) is 2. The van der Waals surface area contributed by atoms with E-state index in [1.807, 2.05) is 27.2 Å². The summed E-state index contributed by atoms with van der Waals surface area (Å²) in [6.45, 7) is 2.71. The number of aromatic nitrogens is 5. The van der Waals surface area contributed by atoms with E-state index in [9.17, 15) is 5.26 Å². The molecule has 0 spiro atoms. The summed E-state index contributed by atoms with van der Waals surface area (Å²) in [7, 11) is 3.72. The van der Waals surface area contributed by atoms with Gasteiger partial charge in [0.25, 0.3) is 0 Å². The highest BCUT2D eigenvalue weighted by Crippen LogP contribution is 2.24. The van der Waals surface area contributed by atoms with Crippen LogP contribution in [0.4, 0.5) is 11.6 Å². The van der Waals surface area contributed by atoms with Crippen LogP contribution in [-0.4, -0.2) is 44.4 Å². The van der Waals surface area contributed by atoms with Gasteiger partial charge in [0.05, 0.1) is 18.1 Å². The lowest BCUT2D eigenvalue weighted by Gasteiger charge is -2.18. The van der Waals surface area contributed by atoms with Crippen molar-refractivity contribution in [2.24, 2.45) is 7.05 Å². The Bertz CT molecular complexity index is 961. The van der Waals surface area contributed by atoms with Crippen LogP contribution in [0.1, 0.15) is 19.0 Å². The van der Waals surface area contributed by atoms with Crippen molar-refractivity contribution in [1.29, 1.82) is 5.26 Å². The molecule has 3 heterocycles. The molecule has 3 rings (SSSR count). The number of pyridine rings is 1. The van der Waals surface area contributed by atoms with Gasteiger partial charge in [-0.1, -0.05) is 6.92 Å². The van der Waals surface area contributed by atoms with Crippen LogP contribution in [0.15, 0.2) is 37.1 Å². The predicted molar refractivity (Wildman–Crippen MR) is 105 cm³/mol. The Morgan fingerprint density at radius 3 is 2.57 bits per heavy atom. The van der Waals surface area contributed by atoms with E-state index in [2.05, 4.69) is 36.8 Å². The molecule has 0 amide bonds. The summed E-state index contributed by atoms with van der Waals surface area (Å²) in [4.78, 5) is 12.8. The van der Waals surface area contributed by atoms with Crippen LogP contribution in [-0.2, 0) is 7.05 Å². The second-order valence-electron chi connectivity index (χ2n) is 6.21. The van der Waals surface area contributed by atoms with Gasteiger partial charge < -0.3 is 15.4 Å². The molecule has 0 saturated carbocycles. The van der Waals surface area contributed by atoms with E-state index in [0.29, 0.717) is 23.9 Å². The minimum Gasteiger partial charge on any atom is -0.486 e. The minimum atomic E-state index is -0.0517. The van der Waals surface area contributed by atoms with E-state index < -0.39 is 0 Å². The number of anilines is 2. The molecule has 9 nitrogen and oxygen atoms in total. The van der Waals surface area contributed by atoms with Gasteiger partial charge in [-0.2, -0.15) is 10.4 Å². The maximum Gasteiger partial charge on any atom is 0.227 e. The Morgan fingerprint density at radius 2 is 1.96 bits per heavy atom. The number of nitrogens with one attached hydrogen (secondary N) is 2. The molecule has 3 aromatic rings. The quantitative estimate of drug-likeness (QED) is 0.614. The third-order valence-corrected chi connectivity index (χ3v) is 4.09. The summed E-state index contributed by atoms with van der Waals surface area (Å²) in [6.07, 6.45) is 9.42. The summed E-state index contributed by atoms with van der Waals surface area (Å²) in [5.74, 6) is 0.856. The molecule has 0 bridgehead atoms. The summed E-state index contributed by atoms with van der Waals surface area (Å²) in [6, 6.07) is 3.80. The molecule has 2 N–H and O–H groups in total. The third-order valence-electron chi connectivity index (χ3n) is 4.09. The average Bonchev–Trinajstić information content (AvgIpc) is 3.15. The Morgan fingerprint density at radius 1 is 1.18 bits per heavy atom. The van der Waals surface area contributed by atoms with E-state index in [-0.39, 0.29) is 11.8 Å². The van der Waals surface area contributed by atoms with Crippen molar-refractivity contribution in [3.05, 3.63) is 42.7 Å². The first-order chi connectivity index (χ1) is 13.6. The maximum atomic E-state index is 9.30. The van der Waals surface area contributed by atoms with Crippen molar-refractivity contribution >= 4 is 11.6 Å². The fraction of sp³-hybridized carbons (Fsp3) is 0.316. The van der Waals surface area contributed by atoms with Crippen LogP contribution < -0.4 is 15.4 Å². The van der Waals surface area contributed by atoms with Gasteiger partial charge in [-0.05, 0) is 13.5 Å². The minimum absolute atomic E-state index is 0.0517. The zero-order valence-electron chi connectivity index (χ0n) is 16.0. The van der Waals surface area contributed by atoms with Crippen molar-refractivity contribution in [3.63, 3.8) is 0 Å². The highest BCUT2D eigenvalue weighted by molar-refractivity contribution is 5.62. The Hall–Kier alpha value is -3.51. The summed E-state index contributed by atoms with van der Waals surface area (Å²) in [5, 5.41) is 19.6. The number of hydrogen-bond acceptors (Lipinski definition) is 8. The summed E-state index contributed by atoms with van der Waals surface area (Å²) in [5.41, 5.74) is 2.70. The first kappa shape index (κ1) is 19.3. The molecule has 0 aromatic carbocycles. The molecular formula is C19H22N8O. The van der Waals surface area contributed by atoms with Gasteiger partial charge in [0, 0.05) is 49.4 Å².